The van der Waals surface area contributed by atoms with Crippen LogP contribution in [0.3, 0.4) is 0 Å². The summed E-state index contributed by atoms with van der Waals surface area (Å²) in [5.41, 5.74) is 14.7. The highest BCUT2D eigenvalue weighted by atomic mass is 15.0. The molecule has 0 unspecified atom stereocenters. The fraction of sp³-hybridized carbons (Fsp3) is 0.0222. The molecule has 0 amide bonds. The van der Waals surface area contributed by atoms with Crippen molar-refractivity contribution in [3.05, 3.63) is 181 Å². The molecule has 1 aliphatic rings. The van der Waals surface area contributed by atoms with Gasteiger partial charge in [-0.2, -0.15) is 0 Å². The zero-order valence-electron chi connectivity index (χ0n) is 26.7. The van der Waals surface area contributed by atoms with Gasteiger partial charge in [0.05, 0.1) is 5.69 Å². The van der Waals surface area contributed by atoms with Crippen molar-refractivity contribution in [1.82, 2.24) is 19.9 Å². The molecule has 8 aromatic rings. The molecule has 0 N–H and O–H groups in total. The molecule has 0 fully saturated rings. The maximum atomic E-state index is 5.04. The molecule has 2 aromatic heterocycles. The van der Waals surface area contributed by atoms with E-state index in [1.165, 1.54) is 22.3 Å². The molecule has 0 spiro atoms. The lowest BCUT2D eigenvalue weighted by atomic mass is 9.94. The first-order valence-corrected chi connectivity index (χ1v) is 16.5. The van der Waals surface area contributed by atoms with Gasteiger partial charge in [-0.05, 0) is 68.8 Å². The smallest absolute Gasteiger partial charge is 0.164 e. The third-order valence-electron chi connectivity index (χ3n) is 9.22. The van der Waals surface area contributed by atoms with Gasteiger partial charge in [0, 0.05) is 34.9 Å². The first kappa shape index (κ1) is 28.7. The maximum absolute atomic E-state index is 5.04. The van der Waals surface area contributed by atoms with Crippen LogP contribution in [0.4, 0.5) is 0 Å². The molecule has 0 aliphatic heterocycles. The van der Waals surface area contributed by atoms with Gasteiger partial charge < -0.3 is 0 Å². The minimum Gasteiger partial charge on any atom is -0.256 e. The predicted octanol–water partition coefficient (Wildman–Crippen LogP) is 10.8. The van der Waals surface area contributed by atoms with Crippen molar-refractivity contribution in [2.75, 3.05) is 0 Å². The topological polar surface area (TPSA) is 51.6 Å². The predicted molar refractivity (Wildman–Crippen MR) is 198 cm³/mol. The molecule has 4 heteroatoms. The van der Waals surface area contributed by atoms with E-state index in [4.69, 9.17) is 19.9 Å². The Morgan fingerprint density at radius 1 is 0.347 bits per heavy atom. The summed E-state index contributed by atoms with van der Waals surface area (Å²) in [5, 5.41) is 0. The largest absolute Gasteiger partial charge is 0.256 e. The normalized spacial score (nSPS) is 11.6. The van der Waals surface area contributed by atoms with Crippen LogP contribution in [-0.4, -0.2) is 19.9 Å². The lowest BCUT2D eigenvalue weighted by Gasteiger charge is -2.13. The first-order chi connectivity index (χ1) is 24.3. The minimum absolute atomic E-state index is 0.631. The van der Waals surface area contributed by atoms with Crippen LogP contribution in [0.5, 0.6) is 0 Å². The number of rotatable bonds is 6. The molecule has 4 nitrogen and oxygen atoms in total. The molecule has 0 atom stereocenters. The lowest BCUT2D eigenvalue weighted by molar-refractivity contribution is 1.07. The van der Waals surface area contributed by atoms with Crippen LogP contribution >= 0.6 is 0 Å². The Labute approximate surface area is 285 Å². The van der Waals surface area contributed by atoms with Crippen molar-refractivity contribution in [3.8, 4) is 78.8 Å². The Hall–Kier alpha value is -6.52. The van der Waals surface area contributed by atoms with Crippen LogP contribution in [-0.2, 0) is 6.42 Å². The Morgan fingerprint density at radius 3 is 1.43 bits per heavy atom. The van der Waals surface area contributed by atoms with Crippen LogP contribution in [0, 0.1) is 0 Å². The molecule has 9 rings (SSSR count). The Bertz CT molecular complexity index is 2380. The number of nitrogens with zero attached hydrogens (tertiary/aromatic N) is 4. The monoisotopic (exact) mass is 626 g/mol. The van der Waals surface area contributed by atoms with E-state index in [0.29, 0.717) is 17.5 Å². The van der Waals surface area contributed by atoms with E-state index in [-0.39, 0.29) is 0 Å². The van der Waals surface area contributed by atoms with Crippen LogP contribution < -0.4 is 0 Å². The van der Waals surface area contributed by atoms with Crippen molar-refractivity contribution >= 4 is 0 Å². The van der Waals surface area contributed by atoms with Crippen LogP contribution in [0.25, 0.3) is 78.8 Å². The molecule has 0 saturated carbocycles. The fourth-order valence-electron chi connectivity index (χ4n) is 6.78. The molecule has 0 bridgehead atoms. The Kier molecular flexibility index (Phi) is 7.17. The molecule has 0 radical (unpaired) electrons. The van der Waals surface area contributed by atoms with Gasteiger partial charge in [-0.25, -0.2) is 15.0 Å². The number of hydrogen-bond acceptors (Lipinski definition) is 4. The summed E-state index contributed by atoms with van der Waals surface area (Å²) < 4.78 is 0. The third kappa shape index (κ3) is 5.49. The summed E-state index contributed by atoms with van der Waals surface area (Å²) in [7, 11) is 0. The van der Waals surface area contributed by atoms with Gasteiger partial charge in [-0.15, -0.1) is 0 Å². The molecule has 230 valence electrons. The number of hydrogen-bond donors (Lipinski definition) is 0. The van der Waals surface area contributed by atoms with Crippen molar-refractivity contribution in [2.45, 2.75) is 6.42 Å². The van der Waals surface area contributed by atoms with Gasteiger partial charge in [-0.1, -0.05) is 140 Å². The lowest BCUT2D eigenvalue weighted by Crippen LogP contribution is -2.00. The van der Waals surface area contributed by atoms with Gasteiger partial charge >= 0.3 is 0 Å². The van der Waals surface area contributed by atoms with Gasteiger partial charge in [-0.3, -0.25) is 4.98 Å². The maximum Gasteiger partial charge on any atom is 0.164 e. The van der Waals surface area contributed by atoms with E-state index in [2.05, 4.69) is 97.1 Å². The van der Waals surface area contributed by atoms with Gasteiger partial charge in [0.1, 0.15) is 0 Å². The summed E-state index contributed by atoms with van der Waals surface area (Å²) in [6.45, 7) is 0. The van der Waals surface area contributed by atoms with E-state index in [0.717, 1.165) is 56.6 Å². The zero-order valence-corrected chi connectivity index (χ0v) is 26.7. The van der Waals surface area contributed by atoms with E-state index in [1.807, 2.05) is 72.9 Å². The third-order valence-corrected chi connectivity index (χ3v) is 9.22. The first-order valence-electron chi connectivity index (χ1n) is 16.5. The second kappa shape index (κ2) is 12.3. The zero-order chi connectivity index (χ0) is 32.6. The average molecular weight is 627 g/mol. The highest BCUT2D eigenvalue weighted by Gasteiger charge is 2.22. The summed E-state index contributed by atoms with van der Waals surface area (Å²) in [5.74, 6) is 1.92. The van der Waals surface area contributed by atoms with E-state index < -0.39 is 0 Å². The van der Waals surface area contributed by atoms with Crippen LogP contribution in [0.2, 0.25) is 0 Å². The Morgan fingerprint density at radius 2 is 0.816 bits per heavy atom. The molecule has 49 heavy (non-hydrogen) atoms. The van der Waals surface area contributed by atoms with Crippen molar-refractivity contribution in [3.63, 3.8) is 0 Å². The van der Waals surface area contributed by atoms with Gasteiger partial charge in [0.2, 0.25) is 0 Å². The van der Waals surface area contributed by atoms with E-state index in [1.54, 1.807) is 0 Å². The van der Waals surface area contributed by atoms with Crippen molar-refractivity contribution in [1.29, 1.82) is 0 Å². The second-order valence-electron chi connectivity index (χ2n) is 12.3. The summed E-state index contributed by atoms with van der Waals surface area (Å²) in [4.78, 5) is 19.9. The molecule has 0 saturated heterocycles. The summed E-state index contributed by atoms with van der Waals surface area (Å²) in [6, 6.07) is 56.9. The van der Waals surface area contributed by atoms with Gasteiger partial charge in [0.25, 0.3) is 0 Å². The molecular weight excluding hydrogens is 597 g/mol. The van der Waals surface area contributed by atoms with E-state index >= 15 is 0 Å². The fourth-order valence-corrected chi connectivity index (χ4v) is 6.78. The number of aromatic nitrogens is 4. The molecular formula is C45H30N4. The van der Waals surface area contributed by atoms with Gasteiger partial charge in [0.15, 0.2) is 17.5 Å². The Balaban J connectivity index is 1.16. The molecule has 2 heterocycles. The summed E-state index contributed by atoms with van der Waals surface area (Å²) in [6.07, 6.45) is 2.84. The summed E-state index contributed by atoms with van der Waals surface area (Å²) >= 11 is 0. The average Bonchev–Trinajstić information content (AvgIpc) is 3.58. The second-order valence-corrected chi connectivity index (χ2v) is 12.3. The van der Waals surface area contributed by atoms with Crippen LogP contribution in [0.1, 0.15) is 11.1 Å². The highest BCUT2D eigenvalue weighted by molar-refractivity contribution is 5.85. The van der Waals surface area contributed by atoms with Crippen LogP contribution in [0.15, 0.2) is 170 Å². The SMILES string of the molecule is c1ccc(-c2cc(-c3ccc(-c4nccc5c4Cc4ccccc4-5)cc3)cc(-c3nc(-c4ccccc4)nc(-c4ccccc4)n3)c2)cc1. The highest BCUT2D eigenvalue weighted by Crippen LogP contribution is 2.41. The minimum atomic E-state index is 0.631. The molecule has 6 aromatic carbocycles. The van der Waals surface area contributed by atoms with E-state index in [9.17, 15) is 0 Å². The molecule has 1 aliphatic carbocycles. The number of benzene rings is 6. The number of pyridine rings is 1. The van der Waals surface area contributed by atoms with Crippen molar-refractivity contribution < 1.29 is 0 Å². The standard InChI is InChI=1S/C45H30N4/c1-4-12-30(13-5-1)36-26-37(31-20-22-32(23-21-31)42-41-29-35-18-10-11-19-39(35)40(41)24-25-46-42)28-38(27-36)45-48-43(33-14-6-2-7-15-33)47-44(49-45)34-16-8-3-9-17-34/h1-28H,29H2. The number of fused-ring (bicyclic) bond motifs is 3. The van der Waals surface area contributed by atoms with Crippen molar-refractivity contribution in [2.24, 2.45) is 0 Å². The quantitative estimate of drug-likeness (QED) is 0.184.